The Balaban J connectivity index is 1.48. The number of rotatable bonds is 10. The number of ether oxygens (including phenoxy) is 2. The Morgan fingerprint density at radius 2 is 1.59 bits per heavy atom. The Morgan fingerprint density at radius 1 is 0.882 bits per heavy atom. The Hall–Kier alpha value is -3.60. The summed E-state index contributed by atoms with van der Waals surface area (Å²) in [5, 5.41) is 2.89. The van der Waals surface area contributed by atoms with E-state index in [1.54, 1.807) is 18.2 Å². The minimum absolute atomic E-state index is 0.159. The number of nitrogens with one attached hydrogen (secondary N) is 1. The van der Waals surface area contributed by atoms with Crippen molar-refractivity contribution < 1.29 is 19.1 Å². The summed E-state index contributed by atoms with van der Waals surface area (Å²) in [6, 6.07) is 21.1. The van der Waals surface area contributed by atoms with Gasteiger partial charge in [-0.25, -0.2) is 0 Å². The molecule has 0 heterocycles. The number of amides is 1. The predicted octanol–water partition coefficient (Wildman–Crippen LogP) is 6.12. The minimum atomic E-state index is -0.312. The topological polar surface area (TPSA) is 64.6 Å². The first kappa shape index (κ1) is 25.0. The Morgan fingerprint density at radius 3 is 2.26 bits per heavy atom. The van der Waals surface area contributed by atoms with Gasteiger partial charge in [-0.1, -0.05) is 56.3 Å². The maximum atomic E-state index is 12.7. The third-order valence-electron chi connectivity index (χ3n) is 5.84. The molecule has 0 unspecified atom stereocenters. The normalized spacial score (nSPS) is 10.7. The third kappa shape index (κ3) is 6.95. The molecular formula is C29H33NO4. The SMILES string of the molecule is Cc1c(OCc2ccc(C(C)C)cc2)ccc(C(=O)NCCCC(=O)Oc2ccccc2)c1C. The van der Waals surface area contributed by atoms with Gasteiger partial charge in [-0.05, 0) is 72.7 Å². The highest BCUT2D eigenvalue weighted by Crippen LogP contribution is 2.25. The maximum Gasteiger partial charge on any atom is 0.311 e. The summed E-state index contributed by atoms with van der Waals surface area (Å²) in [6.45, 7) is 9.11. The van der Waals surface area contributed by atoms with Crippen LogP contribution >= 0.6 is 0 Å². The van der Waals surface area contributed by atoms with Gasteiger partial charge < -0.3 is 14.8 Å². The lowest BCUT2D eigenvalue weighted by Crippen LogP contribution is -2.26. The van der Waals surface area contributed by atoms with Crippen LogP contribution in [0.25, 0.3) is 0 Å². The van der Waals surface area contributed by atoms with E-state index < -0.39 is 0 Å². The summed E-state index contributed by atoms with van der Waals surface area (Å²) in [5.74, 6) is 1.32. The van der Waals surface area contributed by atoms with Crippen LogP contribution in [0, 0.1) is 13.8 Å². The molecule has 1 N–H and O–H groups in total. The van der Waals surface area contributed by atoms with Crippen molar-refractivity contribution in [2.24, 2.45) is 0 Å². The second-order valence-electron chi connectivity index (χ2n) is 8.69. The summed E-state index contributed by atoms with van der Waals surface area (Å²) in [4.78, 5) is 24.6. The number of hydrogen-bond acceptors (Lipinski definition) is 4. The van der Waals surface area contributed by atoms with Crippen LogP contribution < -0.4 is 14.8 Å². The van der Waals surface area contributed by atoms with E-state index in [0.29, 0.717) is 36.8 Å². The molecule has 3 aromatic carbocycles. The lowest BCUT2D eigenvalue weighted by molar-refractivity contribution is -0.134. The zero-order valence-electron chi connectivity index (χ0n) is 20.4. The molecule has 178 valence electrons. The van der Waals surface area contributed by atoms with Crippen LogP contribution in [-0.4, -0.2) is 18.4 Å². The quantitative estimate of drug-likeness (QED) is 0.225. The molecule has 3 rings (SSSR count). The van der Waals surface area contributed by atoms with Crippen LogP contribution in [0.15, 0.2) is 66.7 Å². The predicted molar refractivity (Wildman–Crippen MR) is 134 cm³/mol. The summed E-state index contributed by atoms with van der Waals surface area (Å²) in [5.41, 5.74) is 4.85. The van der Waals surface area contributed by atoms with Gasteiger partial charge >= 0.3 is 5.97 Å². The largest absolute Gasteiger partial charge is 0.489 e. The van der Waals surface area contributed by atoms with E-state index in [4.69, 9.17) is 9.47 Å². The van der Waals surface area contributed by atoms with Gasteiger partial charge in [0, 0.05) is 18.5 Å². The highest BCUT2D eigenvalue weighted by Gasteiger charge is 2.14. The number of hydrogen-bond donors (Lipinski definition) is 1. The van der Waals surface area contributed by atoms with Gasteiger partial charge in [0.25, 0.3) is 5.91 Å². The molecule has 0 aliphatic carbocycles. The molecule has 0 aliphatic heterocycles. The lowest BCUT2D eigenvalue weighted by Gasteiger charge is -2.15. The van der Waals surface area contributed by atoms with Crippen molar-refractivity contribution in [1.29, 1.82) is 0 Å². The summed E-state index contributed by atoms with van der Waals surface area (Å²) < 4.78 is 11.3. The molecule has 3 aromatic rings. The molecule has 0 bridgehead atoms. The van der Waals surface area contributed by atoms with E-state index in [1.165, 1.54) is 5.56 Å². The van der Waals surface area contributed by atoms with E-state index >= 15 is 0 Å². The zero-order chi connectivity index (χ0) is 24.5. The average molecular weight is 460 g/mol. The molecular weight excluding hydrogens is 426 g/mol. The molecule has 0 fully saturated rings. The van der Waals surface area contributed by atoms with Crippen molar-refractivity contribution >= 4 is 11.9 Å². The van der Waals surface area contributed by atoms with Gasteiger partial charge in [0.1, 0.15) is 18.1 Å². The monoisotopic (exact) mass is 459 g/mol. The second kappa shape index (κ2) is 12.0. The van der Waals surface area contributed by atoms with Crippen LogP contribution in [0.1, 0.15) is 65.2 Å². The van der Waals surface area contributed by atoms with Crippen molar-refractivity contribution in [3.63, 3.8) is 0 Å². The fourth-order valence-electron chi connectivity index (χ4n) is 3.56. The molecule has 0 radical (unpaired) electrons. The van der Waals surface area contributed by atoms with Gasteiger partial charge in [0.15, 0.2) is 0 Å². The summed E-state index contributed by atoms with van der Waals surface area (Å²) in [7, 11) is 0. The van der Waals surface area contributed by atoms with E-state index in [-0.39, 0.29) is 18.3 Å². The summed E-state index contributed by atoms with van der Waals surface area (Å²) in [6.07, 6.45) is 0.740. The highest BCUT2D eigenvalue weighted by molar-refractivity contribution is 5.96. The number of benzene rings is 3. The molecule has 0 saturated carbocycles. The number of carbonyl (C=O) groups is 2. The second-order valence-corrected chi connectivity index (χ2v) is 8.69. The van der Waals surface area contributed by atoms with E-state index in [2.05, 4.69) is 43.4 Å². The van der Waals surface area contributed by atoms with Crippen molar-refractivity contribution in [2.75, 3.05) is 6.54 Å². The fourth-order valence-corrected chi connectivity index (χ4v) is 3.56. The first-order chi connectivity index (χ1) is 16.3. The fraction of sp³-hybridized carbons (Fsp3) is 0.310. The lowest BCUT2D eigenvalue weighted by atomic mass is 10.0. The Labute approximate surface area is 202 Å². The van der Waals surface area contributed by atoms with E-state index in [9.17, 15) is 9.59 Å². The first-order valence-electron chi connectivity index (χ1n) is 11.7. The van der Waals surface area contributed by atoms with E-state index in [0.717, 1.165) is 22.4 Å². The van der Waals surface area contributed by atoms with Crippen LogP contribution in [0.2, 0.25) is 0 Å². The van der Waals surface area contributed by atoms with Crippen molar-refractivity contribution in [3.8, 4) is 11.5 Å². The Bertz CT molecular complexity index is 1100. The van der Waals surface area contributed by atoms with Crippen LogP contribution in [-0.2, 0) is 11.4 Å². The first-order valence-corrected chi connectivity index (χ1v) is 11.7. The number of esters is 1. The molecule has 1 amide bonds. The maximum absolute atomic E-state index is 12.7. The molecule has 5 heteroatoms. The number of para-hydroxylation sites is 1. The molecule has 34 heavy (non-hydrogen) atoms. The zero-order valence-corrected chi connectivity index (χ0v) is 20.4. The molecule has 0 aromatic heterocycles. The molecule has 0 aliphatic rings. The van der Waals surface area contributed by atoms with Crippen molar-refractivity contribution in [2.45, 2.75) is 53.1 Å². The summed E-state index contributed by atoms with van der Waals surface area (Å²) >= 11 is 0. The Kier molecular flexibility index (Phi) is 8.86. The molecule has 5 nitrogen and oxygen atoms in total. The van der Waals surface area contributed by atoms with Crippen LogP contribution in [0.4, 0.5) is 0 Å². The van der Waals surface area contributed by atoms with E-state index in [1.807, 2.05) is 38.1 Å². The standard InChI is InChI=1S/C29H33NO4/c1-20(2)24-14-12-23(13-15-24)19-33-27-17-16-26(21(3)22(27)4)29(32)30-18-8-11-28(31)34-25-9-6-5-7-10-25/h5-7,9-10,12-17,20H,8,11,18-19H2,1-4H3,(H,30,32). The van der Waals surface area contributed by atoms with Gasteiger partial charge in [-0.3, -0.25) is 9.59 Å². The van der Waals surface area contributed by atoms with Crippen LogP contribution in [0.3, 0.4) is 0 Å². The van der Waals surface area contributed by atoms with Crippen LogP contribution in [0.5, 0.6) is 11.5 Å². The van der Waals surface area contributed by atoms with Gasteiger partial charge in [-0.15, -0.1) is 0 Å². The number of carbonyl (C=O) groups excluding carboxylic acids is 2. The minimum Gasteiger partial charge on any atom is -0.489 e. The smallest absolute Gasteiger partial charge is 0.311 e. The highest BCUT2D eigenvalue weighted by atomic mass is 16.5. The molecule has 0 spiro atoms. The van der Waals surface area contributed by atoms with Gasteiger partial charge in [0.2, 0.25) is 0 Å². The van der Waals surface area contributed by atoms with Crippen molar-refractivity contribution in [3.05, 3.63) is 94.5 Å². The average Bonchev–Trinajstić information content (AvgIpc) is 2.83. The van der Waals surface area contributed by atoms with Gasteiger partial charge in [-0.2, -0.15) is 0 Å². The van der Waals surface area contributed by atoms with Gasteiger partial charge in [0.05, 0.1) is 0 Å². The molecule has 0 atom stereocenters. The molecule has 0 saturated heterocycles. The van der Waals surface area contributed by atoms with Crippen molar-refractivity contribution in [1.82, 2.24) is 5.32 Å². The third-order valence-corrected chi connectivity index (χ3v) is 5.84.